The van der Waals surface area contributed by atoms with E-state index in [-0.39, 0.29) is 0 Å². The zero-order valence-corrected chi connectivity index (χ0v) is 8.94. The summed E-state index contributed by atoms with van der Waals surface area (Å²) in [6.07, 6.45) is 1.17. The normalized spacial score (nSPS) is 13.1. The van der Waals surface area contributed by atoms with Gasteiger partial charge in [0, 0.05) is 6.54 Å². The lowest BCUT2D eigenvalue weighted by Gasteiger charge is -2.08. The predicted molar refractivity (Wildman–Crippen MR) is 58.9 cm³/mol. The Kier molecular flexibility index (Phi) is 5.05. The van der Waals surface area contributed by atoms with Gasteiger partial charge in [0.2, 0.25) is 0 Å². The molecule has 1 rings (SSSR count). The van der Waals surface area contributed by atoms with Gasteiger partial charge >= 0.3 is 0 Å². The highest BCUT2D eigenvalue weighted by molar-refractivity contribution is 7.07. The van der Waals surface area contributed by atoms with E-state index in [0.717, 1.165) is 19.6 Å². The molecule has 1 heterocycles. The molecule has 2 nitrogen and oxygen atoms in total. The van der Waals surface area contributed by atoms with Crippen LogP contribution in [-0.2, 0) is 6.54 Å². The molecule has 74 valence electrons. The molecule has 0 bridgehead atoms. The number of thiophene rings is 1. The van der Waals surface area contributed by atoms with E-state index in [1.807, 2.05) is 0 Å². The zero-order valence-electron chi connectivity index (χ0n) is 8.12. The summed E-state index contributed by atoms with van der Waals surface area (Å²) in [5.74, 6) is 0.634. The van der Waals surface area contributed by atoms with Gasteiger partial charge in [0.1, 0.15) is 0 Å². The molecular formula is C10H18N2S. The molecule has 0 saturated heterocycles. The Morgan fingerprint density at radius 2 is 2.46 bits per heavy atom. The van der Waals surface area contributed by atoms with Crippen molar-refractivity contribution in [3.8, 4) is 0 Å². The molecule has 1 aromatic rings. The van der Waals surface area contributed by atoms with Crippen LogP contribution in [0, 0.1) is 5.92 Å². The third-order valence-corrected chi connectivity index (χ3v) is 2.86. The first kappa shape index (κ1) is 10.7. The number of hydrogen-bond acceptors (Lipinski definition) is 3. The fourth-order valence-electron chi connectivity index (χ4n) is 1.09. The Labute approximate surface area is 84.2 Å². The van der Waals surface area contributed by atoms with Crippen molar-refractivity contribution in [1.29, 1.82) is 0 Å². The first-order valence-electron chi connectivity index (χ1n) is 4.74. The molecule has 0 amide bonds. The summed E-state index contributed by atoms with van der Waals surface area (Å²) in [5, 5.41) is 7.69. The molecule has 0 aliphatic rings. The van der Waals surface area contributed by atoms with Crippen molar-refractivity contribution in [3.63, 3.8) is 0 Å². The second-order valence-electron chi connectivity index (χ2n) is 3.44. The maximum absolute atomic E-state index is 5.52. The Hall–Kier alpha value is -0.380. The minimum absolute atomic E-state index is 0.634. The highest BCUT2D eigenvalue weighted by Crippen LogP contribution is 2.05. The summed E-state index contributed by atoms with van der Waals surface area (Å²) in [6, 6.07) is 2.16. The van der Waals surface area contributed by atoms with Crippen LogP contribution in [0.25, 0.3) is 0 Å². The highest BCUT2D eigenvalue weighted by atomic mass is 32.1. The molecule has 1 unspecified atom stereocenters. The minimum Gasteiger partial charge on any atom is -0.330 e. The van der Waals surface area contributed by atoms with Crippen LogP contribution in [0.2, 0.25) is 0 Å². The van der Waals surface area contributed by atoms with E-state index in [2.05, 4.69) is 29.1 Å². The summed E-state index contributed by atoms with van der Waals surface area (Å²) in [4.78, 5) is 0. The third kappa shape index (κ3) is 4.41. The summed E-state index contributed by atoms with van der Waals surface area (Å²) >= 11 is 1.75. The van der Waals surface area contributed by atoms with Crippen LogP contribution in [-0.4, -0.2) is 13.1 Å². The Balaban J connectivity index is 2.02. The molecule has 1 aromatic heterocycles. The maximum Gasteiger partial charge on any atom is 0.0213 e. The number of hydrogen-bond donors (Lipinski definition) is 2. The Bertz CT molecular complexity index is 209. The molecule has 0 aliphatic carbocycles. The Morgan fingerprint density at radius 1 is 1.62 bits per heavy atom. The molecule has 0 aromatic carbocycles. The van der Waals surface area contributed by atoms with E-state index in [1.165, 1.54) is 12.0 Å². The van der Waals surface area contributed by atoms with Crippen molar-refractivity contribution in [2.24, 2.45) is 11.7 Å². The predicted octanol–water partition coefficient (Wildman–Crippen LogP) is 1.82. The molecule has 0 radical (unpaired) electrons. The largest absolute Gasteiger partial charge is 0.330 e. The lowest BCUT2D eigenvalue weighted by Crippen LogP contribution is -2.20. The molecule has 13 heavy (non-hydrogen) atoms. The average Bonchev–Trinajstić information content (AvgIpc) is 2.64. The van der Waals surface area contributed by atoms with Crippen LogP contribution in [0.1, 0.15) is 18.9 Å². The van der Waals surface area contributed by atoms with Crippen LogP contribution in [0.5, 0.6) is 0 Å². The molecule has 1 atom stereocenters. The average molecular weight is 198 g/mol. The van der Waals surface area contributed by atoms with Crippen LogP contribution in [0.3, 0.4) is 0 Å². The van der Waals surface area contributed by atoms with Gasteiger partial charge < -0.3 is 11.1 Å². The van der Waals surface area contributed by atoms with Gasteiger partial charge in [-0.15, -0.1) is 0 Å². The summed E-state index contributed by atoms with van der Waals surface area (Å²) < 4.78 is 0. The molecule has 0 fully saturated rings. The highest BCUT2D eigenvalue weighted by Gasteiger charge is 1.97. The molecule has 0 aliphatic heterocycles. The topological polar surface area (TPSA) is 38.0 Å². The lowest BCUT2D eigenvalue weighted by atomic mass is 10.1. The standard InChI is InChI=1S/C10H18N2S/c1-9(6-11)2-4-12-7-10-3-5-13-8-10/h3,5,8-9,12H,2,4,6-7,11H2,1H3. The second kappa shape index (κ2) is 6.13. The van der Waals surface area contributed by atoms with Gasteiger partial charge in [-0.1, -0.05) is 6.92 Å². The fourth-order valence-corrected chi connectivity index (χ4v) is 1.76. The van der Waals surface area contributed by atoms with Crippen LogP contribution in [0.4, 0.5) is 0 Å². The maximum atomic E-state index is 5.52. The molecular weight excluding hydrogens is 180 g/mol. The van der Waals surface area contributed by atoms with Gasteiger partial charge in [-0.25, -0.2) is 0 Å². The zero-order chi connectivity index (χ0) is 9.52. The first-order chi connectivity index (χ1) is 6.33. The first-order valence-corrected chi connectivity index (χ1v) is 5.69. The summed E-state index contributed by atoms with van der Waals surface area (Å²) in [5.41, 5.74) is 6.90. The van der Waals surface area contributed by atoms with Crippen molar-refractivity contribution in [3.05, 3.63) is 22.4 Å². The fraction of sp³-hybridized carbons (Fsp3) is 0.600. The van der Waals surface area contributed by atoms with Gasteiger partial charge in [0.05, 0.1) is 0 Å². The second-order valence-corrected chi connectivity index (χ2v) is 4.22. The van der Waals surface area contributed by atoms with E-state index in [1.54, 1.807) is 11.3 Å². The van der Waals surface area contributed by atoms with Gasteiger partial charge in [0.15, 0.2) is 0 Å². The SMILES string of the molecule is CC(CN)CCNCc1ccsc1. The van der Waals surface area contributed by atoms with Gasteiger partial charge in [0.25, 0.3) is 0 Å². The van der Waals surface area contributed by atoms with E-state index in [9.17, 15) is 0 Å². The van der Waals surface area contributed by atoms with Crippen molar-refractivity contribution in [2.75, 3.05) is 13.1 Å². The van der Waals surface area contributed by atoms with Crippen molar-refractivity contribution < 1.29 is 0 Å². The summed E-state index contributed by atoms with van der Waals surface area (Å²) in [6.45, 7) is 5.03. The van der Waals surface area contributed by atoms with E-state index >= 15 is 0 Å². The lowest BCUT2D eigenvalue weighted by molar-refractivity contribution is 0.509. The summed E-state index contributed by atoms with van der Waals surface area (Å²) in [7, 11) is 0. The third-order valence-electron chi connectivity index (χ3n) is 2.13. The van der Waals surface area contributed by atoms with Gasteiger partial charge in [-0.3, -0.25) is 0 Å². The van der Waals surface area contributed by atoms with Gasteiger partial charge in [-0.05, 0) is 47.8 Å². The number of nitrogens with two attached hydrogens (primary N) is 1. The van der Waals surface area contributed by atoms with Crippen LogP contribution < -0.4 is 11.1 Å². The van der Waals surface area contributed by atoms with E-state index in [4.69, 9.17) is 5.73 Å². The molecule has 3 N–H and O–H groups in total. The molecule has 0 spiro atoms. The van der Waals surface area contributed by atoms with Crippen molar-refractivity contribution in [2.45, 2.75) is 19.9 Å². The number of nitrogens with one attached hydrogen (secondary N) is 1. The van der Waals surface area contributed by atoms with E-state index in [0.29, 0.717) is 5.92 Å². The van der Waals surface area contributed by atoms with Crippen molar-refractivity contribution in [1.82, 2.24) is 5.32 Å². The quantitative estimate of drug-likeness (QED) is 0.684. The van der Waals surface area contributed by atoms with Gasteiger partial charge in [-0.2, -0.15) is 11.3 Å². The van der Waals surface area contributed by atoms with Crippen molar-refractivity contribution >= 4 is 11.3 Å². The number of rotatable bonds is 6. The van der Waals surface area contributed by atoms with Crippen LogP contribution >= 0.6 is 11.3 Å². The molecule has 3 heteroatoms. The minimum atomic E-state index is 0.634. The van der Waals surface area contributed by atoms with Crippen LogP contribution in [0.15, 0.2) is 16.8 Å². The van der Waals surface area contributed by atoms with E-state index < -0.39 is 0 Å². The monoisotopic (exact) mass is 198 g/mol. The molecule has 0 saturated carbocycles. The smallest absolute Gasteiger partial charge is 0.0213 e. The Morgan fingerprint density at radius 3 is 3.08 bits per heavy atom.